The molecule has 3 aliphatic carbocycles. The van der Waals surface area contributed by atoms with Gasteiger partial charge in [-0.05, 0) is 50.2 Å². The number of carbonyl (C=O) groups is 1. The van der Waals surface area contributed by atoms with Crippen molar-refractivity contribution in [3.8, 4) is 0 Å². The number of allylic oxidation sites excluding steroid dienone is 3. The fourth-order valence-corrected chi connectivity index (χ4v) is 8.28. The van der Waals surface area contributed by atoms with Gasteiger partial charge >= 0.3 is 5.97 Å². The second kappa shape index (κ2) is 8.43. The molecule has 6 rings (SSSR count). The van der Waals surface area contributed by atoms with E-state index < -0.39 is 70.9 Å². The maximum absolute atomic E-state index is 13.5. The van der Waals surface area contributed by atoms with Crippen LogP contribution in [0.5, 0.6) is 0 Å². The highest BCUT2D eigenvalue weighted by molar-refractivity contribution is 6.05. The third-order valence-electron chi connectivity index (χ3n) is 10.2. The Kier molecular flexibility index (Phi) is 5.89. The first-order chi connectivity index (χ1) is 18.0. The zero-order chi connectivity index (χ0) is 27.3. The lowest BCUT2D eigenvalue weighted by Gasteiger charge is -2.59. The Hall–Kier alpha value is -1.65. The molecule has 5 fully saturated rings. The molecule has 3 heterocycles. The average Bonchev–Trinajstić information content (AvgIpc) is 3.52. The molecule has 11 atom stereocenters. The Morgan fingerprint density at radius 1 is 1.21 bits per heavy atom. The summed E-state index contributed by atoms with van der Waals surface area (Å²) in [7, 11) is 0. The summed E-state index contributed by atoms with van der Waals surface area (Å²) in [5.41, 5.74) is -4.66. The molecule has 8 heteroatoms. The predicted molar refractivity (Wildman–Crippen MR) is 138 cm³/mol. The van der Waals surface area contributed by atoms with Gasteiger partial charge in [-0.1, -0.05) is 57.6 Å². The lowest BCUT2D eigenvalue weighted by molar-refractivity contribution is -0.406. The largest absolute Gasteiger partial charge is 0.393 e. The molecule has 38 heavy (non-hydrogen) atoms. The molecule has 3 saturated heterocycles. The number of ketones is 1. The van der Waals surface area contributed by atoms with Crippen LogP contribution >= 0.6 is 0 Å². The molecule has 8 nitrogen and oxygen atoms in total. The van der Waals surface area contributed by atoms with E-state index >= 15 is 0 Å². The highest BCUT2D eigenvalue weighted by Gasteiger charge is 2.88. The minimum atomic E-state index is -2.21. The number of aliphatic hydroxyl groups excluding tert-OH is 2. The van der Waals surface area contributed by atoms with Gasteiger partial charge in [0.15, 0.2) is 11.4 Å². The van der Waals surface area contributed by atoms with Crippen LogP contribution in [0.4, 0.5) is 0 Å². The van der Waals surface area contributed by atoms with E-state index in [1.807, 2.05) is 26.0 Å². The molecule has 3 N–H and O–H groups in total. The monoisotopic (exact) mass is 528 g/mol. The molecule has 208 valence electrons. The summed E-state index contributed by atoms with van der Waals surface area (Å²) >= 11 is 0. The SMILES string of the molecule is C=C(C)[C@]12C[C@@H](C)[C@@]34OC(/C=C/C=C/CCCCC)(OC1C3C1O[C@]1(CO)[C@@H](O)[C@]1(O)C(=O)C(C)=C[C@H]14)O2. The number of Topliss-reactive ketones (excluding diaryl/α,β-unsaturated/α-hetero) is 1. The van der Waals surface area contributed by atoms with Crippen molar-refractivity contribution in [2.45, 2.75) is 106 Å². The van der Waals surface area contributed by atoms with Crippen LogP contribution in [-0.4, -0.2) is 74.4 Å². The van der Waals surface area contributed by atoms with Crippen LogP contribution in [0.2, 0.25) is 0 Å². The molecule has 0 aromatic heterocycles. The topological polar surface area (TPSA) is 118 Å². The standard InChI is InChI=1S/C30H40O8/c1-6-7-8-9-10-11-12-13-28-36-23-21-24-27(16-31,35-24)25(33)29(34)20(14-18(4)22(29)32)30(21,38-28)19(5)15-26(23,37-28)17(2)3/h10-14,19-21,23-25,31,33-34H,2,6-9,15-16H2,1,3-5H3/b11-10+,13-12+/t19-,20-,21?,23?,24?,25-,26-,27+,28?,29-,30+/m1/s1. The minimum absolute atomic E-state index is 0.235. The van der Waals surface area contributed by atoms with Gasteiger partial charge in [-0.2, -0.15) is 0 Å². The third kappa shape index (κ3) is 3.03. The van der Waals surface area contributed by atoms with Crippen molar-refractivity contribution in [1.82, 2.24) is 0 Å². The minimum Gasteiger partial charge on any atom is -0.393 e. The number of unbranched alkanes of at least 4 members (excludes halogenated alkanes) is 3. The summed E-state index contributed by atoms with van der Waals surface area (Å²) < 4.78 is 26.3. The lowest BCUT2D eigenvalue weighted by atomic mass is 9.54. The third-order valence-corrected chi connectivity index (χ3v) is 10.2. The van der Waals surface area contributed by atoms with Gasteiger partial charge in [0, 0.05) is 17.9 Å². The van der Waals surface area contributed by atoms with Gasteiger partial charge in [0.05, 0.1) is 12.2 Å². The molecular formula is C30H40O8. The Balaban J connectivity index is 1.48. The quantitative estimate of drug-likeness (QED) is 0.191. The first kappa shape index (κ1) is 26.6. The molecule has 6 aliphatic rings. The molecule has 0 spiro atoms. The van der Waals surface area contributed by atoms with Crippen molar-refractivity contribution in [2.75, 3.05) is 6.61 Å². The number of fused-ring (bicyclic) bond motifs is 3. The van der Waals surface area contributed by atoms with Gasteiger partial charge in [-0.3, -0.25) is 4.79 Å². The van der Waals surface area contributed by atoms with E-state index in [1.165, 1.54) is 6.42 Å². The first-order valence-corrected chi connectivity index (χ1v) is 14.0. The second-order valence-electron chi connectivity index (χ2n) is 12.3. The van der Waals surface area contributed by atoms with E-state index in [0.29, 0.717) is 12.0 Å². The van der Waals surface area contributed by atoms with E-state index in [-0.39, 0.29) is 5.92 Å². The van der Waals surface area contributed by atoms with Crippen molar-refractivity contribution in [2.24, 2.45) is 17.8 Å². The van der Waals surface area contributed by atoms with E-state index in [0.717, 1.165) is 24.8 Å². The highest BCUT2D eigenvalue weighted by Crippen LogP contribution is 2.72. The number of carbonyl (C=O) groups excluding carboxylic acids is 1. The molecular weight excluding hydrogens is 488 g/mol. The smallest absolute Gasteiger partial charge is 0.306 e. The van der Waals surface area contributed by atoms with E-state index in [9.17, 15) is 20.1 Å². The predicted octanol–water partition coefficient (Wildman–Crippen LogP) is 2.87. The molecule has 0 aromatic carbocycles. The summed E-state index contributed by atoms with van der Waals surface area (Å²) in [6, 6.07) is 0. The number of hydrogen-bond donors (Lipinski definition) is 3. The molecule has 0 aromatic rings. The van der Waals surface area contributed by atoms with Crippen LogP contribution in [0.25, 0.3) is 0 Å². The van der Waals surface area contributed by atoms with E-state index in [4.69, 9.17) is 18.9 Å². The fourth-order valence-electron chi connectivity index (χ4n) is 8.28. The maximum Gasteiger partial charge on any atom is 0.306 e. The van der Waals surface area contributed by atoms with Crippen LogP contribution in [0.3, 0.4) is 0 Å². The summed E-state index contributed by atoms with van der Waals surface area (Å²) in [6.45, 7) is 11.5. The van der Waals surface area contributed by atoms with Gasteiger partial charge in [0.25, 0.3) is 0 Å². The van der Waals surface area contributed by atoms with Crippen LogP contribution in [0, 0.1) is 17.8 Å². The molecule has 0 radical (unpaired) electrons. The van der Waals surface area contributed by atoms with Crippen molar-refractivity contribution in [3.05, 3.63) is 48.1 Å². The molecule has 2 saturated carbocycles. The summed E-state index contributed by atoms with van der Waals surface area (Å²) in [4.78, 5) is 13.5. The Bertz CT molecular complexity index is 1140. The van der Waals surface area contributed by atoms with Gasteiger partial charge in [0.2, 0.25) is 0 Å². The summed E-state index contributed by atoms with van der Waals surface area (Å²) in [5.74, 6) is -3.79. The number of aliphatic hydroxyl groups is 3. The zero-order valence-electron chi connectivity index (χ0n) is 22.7. The second-order valence-corrected chi connectivity index (χ2v) is 12.3. The fraction of sp³-hybridized carbons (Fsp3) is 0.700. The van der Waals surface area contributed by atoms with Crippen LogP contribution in [0.15, 0.2) is 48.1 Å². The van der Waals surface area contributed by atoms with Crippen molar-refractivity contribution in [3.63, 3.8) is 0 Å². The highest BCUT2D eigenvalue weighted by atomic mass is 16.9. The Morgan fingerprint density at radius 3 is 2.66 bits per heavy atom. The lowest BCUT2D eigenvalue weighted by Crippen LogP contribution is -2.72. The van der Waals surface area contributed by atoms with Crippen molar-refractivity contribution in [1.29, 1.82) is 0 Å². The number of epoxide rings is 1. The van der Waals surface area contributed by atoms with E-state index in [2.05, 4.69) is 19.6 Å². The van der Waals surface area contributed by atoms with Gasteiger partial charge in [0.1, 0.15) is 29.5 Å². The van der Waals surface area contributed by atoms with E-state index in [1.54, 1.807) is 19.1 Å². The number of ether oxygens (including phenoxy) is 4. The number of rotatable bonds is 8. The molecule has 3 bridgehead atoms. The number of hydrogen-bond acceptors (Lipinski definition) is 8. The van der Waals surface area contributed by atoms with Crippen molar-refractivity contribution >= 4 is 5.78 Å². The molecule has 4 unspecified atom stereocenters. The van der Waals surface area contributed by atoms with Crippen LogP contribution < -0.4 is 0 Å². The van der Waals surface area contributed by atoms with Gasteiger partial charge < -0.3 is 34.3 Å². The van der Waals surface area contributed by atoms with Crippen molar-refractivity contribution < 1.29 is 39.1 Å². The average molecular weight is 529 g/mol. The summed E-state index contributed by atoms with van der Waals surface area (Å²) in [6.07, 6.45) is 11.4. The van der Waals surface area contributed by atoms with Gasteiger partial charge in [-0.15, -0.1) is 0 Å². The Labute approximate surface area is 224 Å². The maximum atomic E-state index is 13.5. The molecule has 3 aliphatic heterocycles. The van der Waals surface area contributed by atoms with Crippen LogP contribution in [0.1, 0.15) is 59.8 Å². The normalized spacial score (nSPS) is 52.2. The first-order valence-electron chi connectivity index (χ1n) is 14.0. The summed E-state index contributed by atoms with van der Waals surface area (Å²) in [5, 5.41) is 34.1. The van der Waals surface area contributed by atoms with Gasteiger partial charge in [-0.25, -0.2) is 0 Å². The Morgan fingerprint density at radius 2 is 1.97 bits per heavy atom. The molecule has 0 amide bonds. The zero-order valence-corrected chi connectivity index (χ0v) is 22.7. The van der Waals surface area contributed by atoms with Crippen LogP contribution in [-0.2, 0) is 23.7 Å².